The predicted molar refractivity (Wildman–Crippen MR) is 95.0 cm³/mol. The maximum Gasteiger partial charge on any atom is 0.287 e. The van der Waals surface area contributed by atoms with Crippen molar-refractivity contribution in [3.05, 3.63) is 54.0 Å². The van der Waals surface area contributed by atoms with E-state index in [9.17, 15) is 4.79 Å². The van der Waals surface area contributed by atoms with Crippen LogP contribution >= 0.6 is 11.8 Å². The fourth-order valence-corrected chi connectivity index (χ4v) is 3.15. The lowest BCUT2D eigenvalue weighted by Crippen LogP contribution is -2.40. The molecule has 1 amide bonds. The molecule has 5 nitrogen and oxygen atoms in total. The summed E-state index contributed by atoms with van der Waals surface area (Å²) in [5.74, 6) is 0.714. The van der Waals surface area contributed by atoms with Crippen molar-refractivity contribution in [3.63, 3.8) is 0 Å². The number of amides is 1. The monoisotopic (exact) mass is 341 g/mol. The normalized spacial score (nSPS) is 11.6. The summed E-state index contributed by atoms with van der Waals surface area (Å²) in [6.45, 7) is 5.83. The van der Waals surface area contributed by atoms with Gasteiger partial charge in [-0.15, -0.1) is 0 Å². The Hall–Kier alpha value is -2.34. The Bertz CT molecular complexity index is 854. The molecule has 0 spiro atoms. The third-order valence-electron chi connectivity index (χ3n) is 3.28. The van der Waals surface area contributed by atoms with Crippen molar-refractivity contribution in [3.8, 4) is 0 Å². The van der Waals surface area contributed by atoms with Crippen molar-refractivity contribution in [2.45, 2.75) is 37.2 Å². The number of rotatable bonds is 4. The lowest BCUT2D eigenvalue weighted by molar-refractivity contribution is 0.0892. The van der Waals surface area contributed by atoms with E-state index in [-0.39, 0.29) is 11.4 Å². The summed E-state index contributed by atoms with van der Waals surface area (Å²) < 4.78 is 5.83. The minimum atomic E-state index is -0.330. The highest BCUT2D eigenvalue weighted by Crippen LogP contribution is 2.31. The Morgan fingerprint density at radius 1 is 1.17 bits per heavy atom. The van der Waals surface area contributed by atoms with Gasteiger partial charge in [0.2, 0.25) is 0 Å². The zero-order valence-corrected chi connectivity index (χ0v) is 14.7. The highest BCUT2D eigenvalue weighted by Gasteiger charge is 2.24. The first-order valence-corrected chi connectivity index (χ1v) is 8.65. The molecule has 0 saturated carbocycles. The molecule has 2 aromatic heterocycles. The molecule has 24 heavy (non-hydrogen) atoms. The molecule has 2 heterocycles. The summed E-state index contributed by atoms with van der Waals surface area (Å²) in [6.07, 6.45) is 3.41. The quantitative estimate of drug-likeness (QED) is 0.573. The molecule has 1 N–H and O–H groups in total. The van der Waals surface area contributed by atoms with E-state index < -0.39 is 0 Å². The van der Waals surface area contributed by atoms with Crippen LogP contribution in [-0.2, 0) is 5.75 Å². The molecular formula is C18H19N3O2S. The van der Waals surface area contributed by atoms with Crippen LogP contribution in [0.15, 0.2) is 52.3 Å². The summed E-state index contributed by atoms with van der Waals surface area (Å²) in [4.78, 5) is 21.0. The van der Waals surface area contributed by atoms with E-state index in [1.807, 2.05) is 45.0 Å². The van der Waals surface area contributed by atoms with Gasteiger partial charge in [0.1, 0.15) is 5.58 Å². The van der Waals surface area contributed by atoms with E-state index >= 15 is 0 Å². The number of benzene rings is 1. The number of nitrogens with one attached hydrogen (secondary N) is 1. The van der Waals surface area contributed by atoms with Crippen LogP contribution in [0.1, 0.15) is 36.9 Å². The molecule has 0 aliphatic rings. The number of aromatic nitrogens is 2. The summed E-state index contributed by atoms with van der Waals surface area (Å²) in [5.41, 5.74) is 1.24. The van der Waals surface area contributed by atoms with Crippen molar-refractivity contribution in [2.75, 3.05) is 0 Å². The van der Waals surface area contributed by atoms with Gasteiger partial charge in [0.15, 0.2) is 10.9 Å². The van der Waals surface area contributed by atoms with Gasteiger partial charge in [0, 0.05) is 34.6 Å². The first-order valence-electron chi connectivity index (χ1n) is 7.67. The predicted octanol–water partition coefficient (Wildman–Crippen LogP) is 4.04. The highest BCUT2D eigenvalue weighted by molar-refractivity contribution is 7.98. The van der Waals surface area contributed by atoms with Gasteiger partial charge < -0.3 is 9.73 Å². The van der Waals surface area contributed by atoms with Crippen LogP contribution in [0.4, 0.5) is 0 Å². The molecule has 124 valence electrons. The molecule has 0 radical (unpaired) electrons. The van der Waals surface area contributed by atoms with Gasteiger partial charge in [0.25, 0.3) is 5.91 Å². The number of carbonyl (C=O) groups is 1. The van der Waals surface area contributed by atoms with Crippen LogP contribution in [0.5, 0.6) is 0 Å². The van der Waals surface area contributed by atoms with Crippen LogP contribution in [0, 0.1) is 0 Å². The Morgan fingerprint density at radius 3 is 2.58 bits per heavy atom. The van der Waals surface area contributed by atoms with Gasteiger partial charge in [-0.05, 0) is 32.9 Å². The van der Waals surface area contributed by atoms with Gasteiger partial charge in [0.05, 0.1) is 0 Å². The summed E-state index contributed by atoms with van der Waals surface area (Å²) in [5, 5.41) is 4.58. The van der Waals surface area contributed by atoms with Gasteiger partial charge in [-0.3, -0.25) is 4.79 Å². The lowest BCUT2D eigenvalue weighted by atomic mass is 10.1. The van der Waals surface area contributed by atoms with Crippen molar-refractivity contribution in [2.24, 2.45) is 0 Å². The fourth-order valence-electron chi connectivity index (χ4n) is 2.32. The molecule has 0 unspecified atom stereocenters. The number of hydrogen-bond donors (Lipinski definition) is 1. The Kier molecular flexibility index (Phi) is 4.57. The second-order valence-corrected chi connectivity index (χ2v) is 7.37. The van der Waals surface area contributed by atoms with Gasteiger partial charge in [-0.1, -0.05) is 30.0 Å². The SMILES string of the molecule is CC(C)(C)NC(=O)c1oc2ccccc2c1CSc1ncccn1. The molecule has 0 bridgehead atoms. The van der Waals surface area contributed by atoms with Gasteiger partial charge in [-0.2, -0.15) is 0 Å². The number of carbonyl (C=O) groups excluding carboxylic acids is 1. The zero-order chi connectivity index (χ0) is 17.2. The third kappa shape index (κ3) is 3.76. The number of para-hydroxylation sites is 1. The number of fused-ring (bicyclic) bond motifs is 1. The Balaban J connectivity index is 1.94. The van der Waals surface area contributed by atoms with Crippen molar-refractivity contribution >= 4 is 28.6 Å². The van der Waals surface area contributed by atoms with E-state index in [1.165, 1.54) is 11.8 Å². The van der Waals surface area contributed by atoms with E-state index in [0.29, 0.717) is 22.3 Å². The molecule has 1 aromatic carbocycles. The molecule has 3 rings (SSSR count). The average molecular weight is 341 g/mol. The first-order chi connectivity index (χ1) is 11.4. The summed E-state index contributed by atoms with van der Waals surface area (Å²) in [7, 11) is 0. The second kappa shape index (κ2) is 6.65. The van der Waals surface area contributed by atoms with Crippen LogP contribution in [0.3, 0.4) is 0 Å². The lowest BCUT2D eigenvalue weighted by Gasteiger charge is -2.19. The number of hydrogen-bond acceptors (Lipinski definition) is 5. The van der Waals surface area contributed by atoms with E-state index in [4.69, 9.17) is 4.42 Å². The van der Waals surface area contributed by atoms with E-state index in [1.54, 1.807) is 18.5 Å². The maximum absolute atomic E-state index is 12.6. The van der Waals surface area contributed by atoms with Crippen LogP contribution in [0.25, 0.3) is 11.0 Å². The Morgan fingerprint density at radius 2 is 1.88 bits per heavy atom. The van der Waals surface area contributed by atoms with E-state index in [2.05, 4.69) is 15.3 Å². The van der Waals surface area contributed by atoms with Crippen molar-refractivity contribution in [1.82, 2.24) is 15.3 Å². The molecule has 3 aromatic rings. The topological polar surface area (TPSA) is 68.0 Å². The molecule has 0 saturated heterocycles. The molecule has 0 aliphatic heterocycles. The van der Waals surface area contributed by atoms with Crippen molar-refractivity contribution in [1.29, 1.82) is 0 Å². The highest BCUT2D eigenvalue weighted by atomic mass is 32.2. The smallest absolute Gasteiger partial charge is 0.287 e. The number of furan rings is 1. The number of nitrogens with zero attached hydrogens (tertiary/aromatic N) is 2. The molecular weight excluding hydrogens is 322 g/mol. The minimum Gasteiger partial charge on any atom is -0.451 e. The van der Waals surface area contributed by atoms with Crippen molar-refractivity contribution < 1.29 is 9.21 Å². The third-order valence-corrected chi connectivity index (χ3v) is 4.18. The Labute approximate surface area is 144 Å². The average Bonchev–Trinajstić information content (AvgIpc) is 2.91. The van der Waals surface area contributed by atoms with Crippen LogP contribution in [-0.4, -0.2) is 21.4 Å². The molecule has 6 heteroatoms. The number of thioether (sulfide) groups is 1. The van der Waals surface area contributed by atoms with Crippen LogP contribution in [0.2, 0.25) is 0 Å². The first kappa shape index (κ1) is 16.5. The standard InChI is InChI=1S/C18H19N3O2S/c1-18(2,3)21-16(22)15-13(11-24-17-19-9-6-10-20-17)12-7-4-5-8-14(12)23-15/h4-10H,11H2,1-3H3,(H,21,22). The van der Waals surface area contributed by atoms with Gasteiger partial charge >= 0.3 is 0 Å². The second-order valence-electron chi connectivity index (χ2n) is 6.43. The summed E-state index contributed by atoms with van der Waals surface area (Å²) >= 11 is 1.48. The van der Waals surface area contributed by atoms with Crippen LogP contribution < -0.4 is 5.32 Å². The largest absolute Gasteiger partial charge is 0.451 e. The maximum atomic E-state index is 12.6. The molecule has 0 atom stereocenters. The van der Waals surface area contributed by atoms with Gasteiger partial charge in [-0.25, -0.2) is 9.97 Å². The zero-order valence-electron chi connectivity index (χ0n) is 13.9. The molecule has 0 aliphatic carbocycles. The van der Waals surface area contributed by atoms with E-state index in [0.717, 1.165) is 10.9 Å². The minimum absolute atomic E-state index is 0.205. The summed E-state index contributed by atoms with van der Waals surface area (Å²) in [6, 6.07) is 9.45. The fraction of sp³-hybridized carbons (Fsp3) is 0.278. The molecule has 0 fully saturated rings.